The van der Waals surface area contributed by atoms with E-state index in [0.717, 1.165) is 29.3 Å². The summed E-state index contributed by atoms with van der Waals surface area (Å²) in [5.74, 6) is -3.69. The molecule has 56 heavy (non-hydrogen) atoms. The van der Waals surface area contributed by atoms with Crippen LogP contribution in [-0.4, -0.2) is 68.0 Å². The molecule has 2 fully saturated rings. The molecule has 11 nitrogen and oxygen atoms in total. The molecule has 1 aliphatic carbocycles. The Bertz CT molecular complexity index is 2150. The monoisotopic (exact) mass is 795 g/mol. The SMILES string of the molecule is CCOC(=O)[C@H](Cc1ccc(OCCNC2(S(=O)(=O)c3ccc([N+](=O)[O-])cc3)C3CN(Cc4cc(F)c(F)cc4F)C[C@H]32)cc1)Oc1ccc(C(C)(C)C)cc1. The van der Waals surface area contributed by atoms with Crippen LogP contribution in [0.2, 0.25) is 0 Å². The van der Waals surface area contributed by atoms with Gasteiger partial charge in [0.2, 0.25) is 0 Å². The van der Waals surface area contributed by atoms with Crippen molar-refractivity contribution < 1.29 is 45.5 Å². The van der Waals surface area contributed by atoms with Gasteiger partial charge in [-0.15, -0.1) is 0 Å². The number of nitro benzene ring substituents is 1. The minimum Gasteiger partial charge on any atom is -0.492 e. The van der Waals surface area contributed by atoms with Gasteiger partial charge in [-0.3, -0.25) is 20.3 Å². The van der Waals surface area contributed by atoms with E-state index in [2.05, 4.69) is 26.1 Å². The molecular weight excluding hydrogens is 752 g/mol. The van der Waals surface area contributed by atoms with Crippen molar-refractivity contribution in [3.63, 3.8) is 0 Å². The number of ether oxygens (including phenoxy) is 3. The van der Waals surface area contributed by atoms with Crippen molar-refractivity contribution >= 4 is 21.5 Å². The highest BCUT2D eigenvalue weighted by Gasteiger charge is 2.75. The van der Waals surface area contributed by atoms with Gasteiger partial charge >= 0.3 is 5.97 Å². The van der Waals surface area contributed by atoms with E-state index in [1.807, 2.05) is 24.3 Å². The van der Waals surface area contributed by atoms with E-state index in [0.29, 0.717) is 17.6 Å². The Hall–Kier alpha value is -4.99. The molecule has 6 rings (SSSR count). The van der Waals surface area contributed by atoms with Gasteiger partial charge in [0, 0.05) is 68.2 Å². The van der Waals surface area contributed by atoms with Crippen molar-refractivity contribution in [1.82, 2.24) is 10.2 Å². The number of piperidine rings is 1. The van der Waals surface area contributed by atoms with Gasteiger partial charge in [-0.1, -0.05) is 45.0 Å². The fraction of sp³-hybridized carbons (Fsp3) is 0.390. The highest BCUT2D eigenvalue weighted by Crippen LogP contribution is 2.60. The first-order valence-electron chi connectivity index (χ1n) is 18.3. The minimum atomic E-state index is -4.10. The smallest absolute Gasteiger partial charge is 0.347 e. The standard InChI is InChI=1S/C41H44F3N3O8S/c1-5-53-39(48)38(55-31-14-8-28(9-15-31)40(2,3)4)20-26-6-12-30(13-7-26)54-19-18-45-41(56(51,52)32-16-10-29(11-17-32)47(49)50)33-24-46(25-34(33)41)23-27-21-36(43)37(44)22-35(27)42/h6-17,21-22,33-34,38,45H,5,18-20,23-25H2,1-4H3/t33-,34?,38+,41?/m1/s1. The average Bonchev–Trinajstić information content (AvgIpc) is 3.54. The number of fused-ring (bicyclic) bond motifs is 1. The van der Waals surface area contributed by atoms with Gasteiger partial charge < -0.3 is 14.2 Å². The van der Waals surface area contributed by atoms with Crippen LogP contribution in [0.4, 0.5) is 18.9 Å². The molecule has 1 saturated carbocycles. The summed E-state index contributed by atoms with van der Waals surface area (Å²) in [6.07, 6.45) is -0.641. The molecule has 4 aromatic rings. The maximum absolute atomic E-state index is 14.4. The van der Waals surface area contributed by atoms with Crippen molar-refractivity contribution in [3.05, 3.63) is 129 Å². The van der Waals surface area contributed by atoms with Crippen molar-refractivity contribution in [2.24, 2.45) is 11.8 Å². The number of rotatable bonds is 16. The number of nitrogens with one attached hydrogen (secondary N) is 1. The number of nitro groups is 1. The molecule has 0 aromatic heterocycles. The Labute approximate surface area is 323 Å². The van der Waals surface area contributed by atoms with E-state index in [1.165, 1.54) is 12.1 Å². The maximum atomic E-state index is 14.4. The lowest BCUT2D eigenvalue weighted by Gasteiger charge is -2.28. The van der Waals surface area contributed by atoms with Gasteiger partial charge in [-0.25, -0.2) is 26.4 Å². The summed E-state index contributed by atoms with van der Waals surface area (Å²) in [7, 11) is -4.10. The number of hydrogen-bond donors (Lipinski definition) is 1. The lowest BCUT2D eigenvalue weighted by Crippen LogP contribution is -2.48. The van der Waals surface area contributed by atoms with Crippen molar-refractivity contribution in [1.29, 1.82) is 0 Å². The summed E-state index contributed by atoms with van der Waals surface area (Å²) in [6, 6.07) is 20.7. The summed E-state index contributed by atoms with van der Waals surface area (Å²) >= 11 is 0. The van der Waals surface area contributed by atoms with Crippen LogP contribution >= 0.6 is 0 Å². The fourth-order valence-electron chi connectivity index (χ4n) is 7.38. The molecule has 0 bridgehead atoms. The highest BCUT2D eigenvalue weighted by atomic mass is 32.2. The lowest BCUT2D eigenvalue weighted by molar-refractivity contribution is -0.384. The second kappa shape index (κ2) is 16.2. The number of non-ortho nitro benzene ring substituents is 1. The van der Waals surface area contributed by atoms with Crippen LogP contribution in [-0.2, 0) is 37.7 Å². The van der Waals surface area contributed by atoms with Crippen LogP contribution in [0.25, 0.3) is 0 Å². The zero-order valence-corrected chi connectivity index (χ0v) is 32.3. The molecule has 2 aliphatic rings. The first-order chi connectivity index (χ1) is 26.5. The lowest BCUT2D eigenvalue weighted by atomic mass is 9.87. The second-order valence-corrected chi connectivity index (χ2v) is 17.2. The Morgan fingerprint density at radius 2 is 1.54 bits per heavy atom. The Balaban J connectivity index is 1.10. The zero-order valence-electron chi connectivity index (χ0n) is 31.5. The predicted octanol–water partition coefficient (Wildman–Crippen LogP) is 6.76. The molecule has 0 radical (unpaired) electrons. The third-order valence-electron chi connectivity index (χ3n) is 10.3. The molecule has 0 spiro atoms. The van der Waals surface area contributed by atoms with Gasteiger partial charge in [0.05, 0.1) is 16.4 Å². The number of sulfone groups is 1. The molecule has 2 unspecified atom stereocenters. The Kier molecular flexibility index (Phi) is 11.8. The molecule has 4 aromatic carbocycles. The number of hydrogen-bond acceptors (Lipinski definition) is 10. The first kappa shape index (κ1) is 40.7. The molecule has 1 saturated heterocycles. The molecule has 1 aliphatic heterocycles. The maximum Gasteiger partial charge on any atom is 0.347 e. The molecule has 15 heteroatoms. The topological polar surface area (TPSA) is 137 Å². The average molecular weight is 796 g/mol. The van der Waals surface area contributed by atoms with Crippen LogP contribution in [0.5, 0.6) is 11.5 Å². The third kappa shape index (κ3) is 8.54. The van der Waals surface area contributed by atoms with E-state index in [9.17, 15) is 36.5 Å². The zero-order chi connectivity index (χ0) is 40.4. The predicted molar refractivity (Wildman–Crippen MR) is 201 cm³/mol. The normalized spacial score (nSPS) is 19.9. The van der Waals surface area contributed by atoms with Gasteiger partial charge in [0.15, 0.2) is 27.6 Å². The van der Waals surface area contributed by atoms with Gasteiger partial charge in [0.25, 0.3) is 5.69 Å². The van der Waals surface area contributed by atoms with Gasteiger partial charge in [-0.2, -0.15) is 0 Å². The van der Waals surface area contributed by atoms with E-state index >= 15 is 0 Å². The number of carbonyl (C=O) groups is 1. The van der Waals surface area contributed by atoms with Crippen molar-refractivity contribution in [3.8, 4) is 11.5 Å². The number of carbonyl (C=O) groups excluding carboxylic acids is 1. The first-order valence-corrected chi connectivity index (χ1v) is 19.8. The quantitative estimate of drug-likeness (QED) is 0.0426. The van der Waals surface area contributed by atoms with E-state index < -0.39 is 61.0 Å². The molecule has 298 valence electrons. The molecule has 0 amide bonds. The fourth-order valence-corrected chi connectivity index (χ4v) is 9.76. The third-order valence-corrected chi connectivity index (χ3v) is 12.9. The summed E-state index contributed by atoms with van der Waals surface area (Å²) in [4.78, 5) is 23.7. The number of benzene rings is 4. The number of likely N-dealkylation sites (tertiary alicyclic amines) is 1. The van der Waals surface area contributed by atoms with Crippen LogP contribution in [0, 0.1) is 39.4 Å². The van der Waals surface area contributed by atoms with E-state index in [1.54, 1.807) is 36.1 Å². The van der Waals surface area contributed by atoms with Gasteiger partial charge in [0.1, 0.15) is 28.8 Å². The molecule has 4 atom stereocenters. The number of esters is 1. The van der Waals surface area contributed by atoms with Crippen LogP contribution in [0.3, 0.4) is 0 Å². The Morgan fingerprint density at radius 3 is 2.12 bits per heavy atom. The van der Waals surface area contributed by atoms with Crippen LogP contribution < -0.4 is 14.8 Å². The van der Waals surface area contributed by atoms with E-state index in [-0.39, 0.29) is 67.4 Å². The molecular formula is C41H44F3N3O8S. The Morgan fingerprint density at radius 1 is 0.929 bits per heavy atom. The molecule has 1 heterocycles. The highest BCUT2D eigenvalue weighted by molar-refractivity contribution is 7.93. The molecule has 1 N–H and O–H groups in total. The minimum absolute atomic E-state index is 0.0358. The summed E-state index contributed by atoms with van der Waals surface area (Å²) in [5.41, 5.74) is 1.59. The summed E-state index contributed by atoms with van der Waals surface area (Å²) in [5, 5.41) is 14.4. The van der Waals surface area contributed by atoms with Gasteiger partial charge in [-0.05, 0) is 65.9 Å². The number of halogens is 3. The second-order valence-electron chi connectivity index (χ2n) is 15.1. The van der Waals surface area contributed by atoms with Crippen molar-refractivity contribution in [2.45, 2.75) is 61.9 Å². The van der Waals surface area contributed by atoms with E-state index in [4.69, 9.17) is 14.2 Å². The van der Waals surface area contributed by atoms with Crippen molar-refractivity contribution in [2.75, 3.05) is 32.8 Å². The summed E-state index contributed by atoms with van der Waals surface area (Å²) < 4.78 is 87.4. The number of nitrogens with zero attached hydrogens (tertiary/aromatic N) is 2. The van der Waals surface area contributed by atoms with Crippen LogP contribution in [0.1, 0.15) is 44.4 Å². The summed E-state index contributed by atoms with van der Waals surface area (Å²) in [6.45, 7) is 8.88. The van der Waals surface area contributed by atoms with Crippen LogP contribution in [0.15, 0.2) is 89.8 Å². The largest absolute Gasteiger partial charge is 0.492 e.